The van der Waals surface area contributed by atoms with Crippen molar-refractivity contribution in [3.63, 3.8) is 0 Å². The van der Waals surface area contributed by atoms with Crippen molar-refractivity contribution in [2.24, 2.45) is 0 Å². The molecule has 2 aromatic rings. The molecule has 0 unspecified atom stereocenters. The summed E-state index contributed by atoms with van der Waals surface area (Å²) < 4.78 is 4.76. The lowest BCUT2D eigenvalue weighted by Gasteiger charge is -2.13. The van der Waals surface area contributed by atoms with Gasteiger partial charge < -0.3 is 15.4 Å². The summed E-state index contributed by atoms with van der Waals surface area (Å²) in [6.07, 6.45) is 1.03. The van der Waals surface area contributed by atoms with Crippen molar-refractivity contribution in [3.05, 3.63) is 64.7 Å². The van der Waals surface area contributed by atoms with Gasteiger partial charge in [-0.2, -0.15) is 11.8 Å². The number of anilines is 1. The lowest BCUT2D eigenvalue weighted by atomic mass is 10.1. The molecule has 0 bridgehead atoms. The first-order valence-electron chi connectivity index (χ1n) is 8.86. The Morgan fingerprint density at radius 1 is 1.19 bits per heavy atom. The zero-order valence-electron chi connectivity index (χ0n) is 16.0. The first kappa shape index (κ1) is 21.3. The molecular formula is C21H26N2O2S2. The predicted octanol–water partition coefficient (Wildman–Crippen LogP) is 4.70. The van der Waals surface area contributed by atoms with E-state index in [0.29, 0.717) is 10.7 Å². The summed E-state index contributed by atoms with van der Waals surface area (Å²) in [4.78, 5) is 11.7. The van der Waals surface area contributed by atoms with Gasteiger partial charge in [-0.3, -0.25) is 0 Å². The number of carbonyl (C=O) groups excluding carboxylic acids is 1. The third kappa shape index (κ3) is 7.23. The number of thiocarbonyl (C=S) groups is 1. The van der Waals surface area contributed by atoms with Crippen molar-refractivity contribution >= 4 is 40.7 Å². The number of thioether (sulfide) groups is 1. The summed E-state index contributed by atoms with van der Waals surface area (Å²) in [5, 5.41) is 6.94. The van der Waals surface area contributed by atoms with Crippen LogP contribution in [0.15, 0.2) is 42.5 Å². The van der Waals surface area contributed by atoms with E-state index in [2.05, 4.69) is 41.8 Å². The van der Waals surface area contributed by atoms with Crippen LogP contribution < -0.4 is 10.6 Å². The van der Waals surface area contributed by atoms with E-state index < -0.39 is 0 Å². The number of benzene rings is 2. The average molecular weight is 403 g/mol. The summed E-state index contributed by atoms with van der Waals surface area (Å²) >= 11 is 7.28. The first-order valence-corrected chi connectivity index (χ1v) is 10.4. The van der Waals surface area contributed by atoms with Crippen LogP contribution in [0.1, 0.15) is 33.5 Å². The van der Waals surface area contributed by atoms with Gasteiger partial charge >= 0.3 is 5.97 Å². The summed E-state index contributed by atoms with van der Waals surface area (Å²) in [6.45, 7) is 4.89. The highest BCUT2D eigenvalue weighted by atomic mass is 32.2. The number of nitrogens with one attached hydrogen (secondary N) is 2. The SMILES string of the molecule is COC(=O)c1ccc(C)c(NC(=S)NCCCSCc2cccc(C)c2)c1. The van der Waals surface area contributed by atoms with E-state index in [1.807, 2.05) is 24.8 Å². The van der Waals surface area contributed by atoms with Gasteiger partial charge in [-0.15, -0.1) is 0 Å². The Labute approximate surface area is 171 Å². The Hall–Kier alpha value is -2.05. The van der Waals surface area contributed by atoms with Gasteiger partial charge in [-0.05, 0) is 61.5 Å². The van der Waals surface area contributed by atoms with Crippen LogP contribution in [-0.2, 0) is 10.5 Å². The number of carbonyl (C=O) groups is 1. The number of esters is 1. The van der Waals surface area contributed by atoms with Gasteiger partial charge in [0.25, 0.3) is 0 Å². The topological polar surface area (TPSA) is 50.4 Å². The number of ether oxygens (including phenoxy) is 1. The molecule has 0 heterocycles. The number of methoxy groups -OCH3 is 1. The third-order valence-corrected chi connectivity index (χ3v) is 5.37. The van der Waals surface area contributed by atoms with E-state index >= 15 is 0 Å². The van der Waals surface area contributed by atoms with Crippen LogP contribution >= 0.6 is 24.0 Å². The molecule has 0 aromatic heterocycles. The number of hydrogen-bond acceptors (Lipinski definition) is 4. The van der Waals surface area contributed by atoms with E-state index in [4.69, 9.17) is 17.0 Å². The van der Waals surface area contributed by atoms with Crippen molar-refractivity contribution < 1.29 is 9.53 Å². The lowest BCUT2D eigenvalue weighted by molar-refractivity contribution is 0.0601. The zero-order chi connectivity index (χ0) is 19.6. The molecule has 27 heavy (non-hydrogen) atoms. The maximum absolute atomic E-state index is 11.7. The molecule has 4 nitrogen and oxygen atoms in total. The van der Waals surface area contributed by atoms with Crippen LogP contribution in [0.5, 0.6) is 0 Å². The monoisotopic (exact) mass is 402 g/mol. The third-order valence-electron chi connectivity index (χ3n) is 4.01. The second-order valence-corrected chi connectivity index (χ2v) is 7.81. The van der Waals surface area contributed by atoms with Gasteiger partial charge in [0.2, 0.25) is 0 Å². The normalized spacial score (nSPS) is 10.3. The molecule has 0 radical (unpaired) electrons. The Kier molecular flexibility index (Phi) is 8.61. The van der Waals surface area contributed by atoms with E-state index in [9.17, 15) is 4.79 Å². The lowest BCUT2D eigenvalue weighted by Crippen LogP contribution is -2.29. The van der Waals surface area contributed by atoms with Crippen LogP contribution in [0.4, 0.5) is 5.69 Å². The molecule has 0 saturated carbocycles. The van der Waals surface area contributed by atoms with Gasteiger partial charge in [-0.1, -0.05) is 35.9 Å². The summed E-state index contributed by atoms with van der Waals surface area (Å²) in [5.74, 6) is 1.74. The fourth-order valence-corrected chi connectivity index (χ4v) is 3.66. The molecule has 0 fully saturated rings. The second-order valence-electron chi connectivity index (χ2n) is 6.30. The van der Waals surface area contributed by atoms with E-state index in [1.165, 1.54) is 18.2 Å². The summed E-state index contributed by atoms with van der Waals surface area (Å²) in [7, 11) is 1.37. The fraction of sp³-hybridized carbons (Fsp3) is 0.333. The second kappa shape index (κ2) is 10.9. The molecule has 0 aliphatic heterocycles. The smallest absolute Gasteiger partial charge is 0.337 e. The molecule has 0 aliphatic carbocycles. The minimum Gasteiger partial charge on any atom is -0.465 e. The van der Waals surface area contributed by atoms with Gasteiger partial charge in [-0.25, -0.2) is 4.79 Å². The van der Waals surface area contributed by atoms with Crippen LogP contribution in [0.3, 0.4) is 0 Å². The molecule has 2 aromatic carbocycles. The zero-order valence-corrected chi connectivity index (χ0v) is 17.6. The molecule has 0 amide bonds. The fourth-order valence-electron chi connectivity index (χ4n) is 2.54. The predicted molar refractivity (Wildman–Crippen MR) is 119 cm³/mol. The van der Waals surface area contributed by atoms with Gasteiger partial charge in [0, 0.05) is 18.0 Å². The number of hydrogen-bond donors (Lipinski definition) is 2. The van der Waals surface area contributed by atoms with Crippen molar-refractivity contribution in [2.45, 2.75) is 26.0 Å². The van der Waals surface area contributed by atoms with E-state index in [1.54, 1.807) is 12.1 Å². The van der Waals surface area contributed by atoms with E-state index in [0.717, 1.165) is 35.7 Å². The van der Waals surface area contributed by atoms with Gasteiger partial charge in [0.05, 0.1) is 12.7 Å². The molecule has 0 saturated heterocycles. The standard InChI is InChI=1S/C21H26N2O2S2/c1-15-6-4-7-17(12-15)14-27-11-5-10-22-21(26)23-19-13-18(20(24)25-3)9-8-16(19)2/h4,6-9,12-13H,5,10-11,14H2,1-3H3,(H2,22,23,26). The molecule has 0 spiro atoms. The van der Waals surface area contributed by atoms with Gasteiger partial charge in [0.1, 0.15) is 0 Å². The molecule has 2 N–H and O–H groups in total. The maximum Gasteiger partial charge on any atom is 0.337 e. The first-order chi connectivity index (χ1) is 13.0. The highest BCUT2D eigenvalue weighted by Crippen LogP contribution is 2.18. The Morgan fingerprint density at radius 2 is 2.00 bits per heavy atom. The Bertz CT molecular complexity index is 794. The van der Waals surface area contributed by atoms with Crippen molar-refractivity contribution in [2.75, 3.05) is 24.7 Å². The Morgan fingerprint density at radius 3 is 2.74 bits per heavy atom. The van der Waals surface area contributed by atoms with Crippen LogP contribution in [-0.4, -0.2) is 30.5 Å². The minimum absolute atomic E-state index is 0.359. The number of rotatable bonds is 8. The van der Waals surface area contributed by atoms with Gasteiger partial charge in [0.15, 0.2) is 5.11 Å². The van der Waals surface area contributed by atoms with Crippen molar-refractivity contribution in [3.8, 4) is 0 Å². The average Bonchev–Trinajstić information content (AvgIpc) is 2.65. The molecule has 2 rings (SSSR count). The number of aryl methyl sites for hydroxylation is 2. The largest absolute Gasteiger partial charge is 0.465 e. The summed E-state index contributed by atoms with van der Waals surface area (Å²) in [6, 6.07) is 14.0. The molecule has 0 aliphatic rings. The highest BCUT2D eigenvalue weighted by molar-refractivity contribution is 7.98. The van der Waals surface area contributed by atoms with Crippen molar-refractivity contribution in [1.29, 1.82) is 0 Å². The van der Waals surface area contributed by atoms with Crippen molar-refractivity contribution in [1.82, 2.24) is 5.32 Å². The molecular weight excluding hydrogens is 376 g/mol. The highest BCUT2D eigenvalue weighted by Gasteiger charge is 2.08. The maximum atomic E-state index is 11.7. The molecule has 6 heteroatoms. The summed E-state index contributed by atoms with van der Waals surface area (Å²) in [5.41, 5.74) is 4.99. The van der Waals surface area contributed by atoms with Crippen LogP contribution in [0.2, 0.25) is 0 Å². The van der Waals surface area contributed by atoms with Crippen LogP contribution in [0.25, 0.3) is 0 Å². The quantitative estimate of drug-likeness (QED) is 0.379. The minimum atomic E-state index is -0.359. The Balaban J connectivity index is 1.69. The van der Waals surface area contributed by atoms with E-state index in [-0.39, 0.29) is 5.97 Å². The molecule has 0 atom stereocenters. The molecule has 144 valence electrons. The van der Waals surface area contributed by atoms with Crippen LogP contribution in [0, 0.1) is 13.8 Å².